The molecule has 0 fully saturated rings. The molecule has 0 radical (unpaired) electrons. The van der Waals surface area contributed by atoms with Gasteiger partial charge < -0.3 is 14.8 Å². The number of ether oxygens (including phenoxy) is 2. The highest BCUT2D eigenvalue weighted by atomic mass is 35.5. The first kappa shape index (κ1) is 18.5. The van der Waals surface area contributed by atoms with E-state index in [0.29, 0.717) is 0 Å². The van der Waals surface area contributed by atoms with Gasteiger partial charge in [-0.1, -0.05) is 11.6 Å². The molecule has 0 atom stereocenters. The molecule has 2 aromatic rings. The monoisotopic (exact) mass is 368 g/mol. The van der Waals surface area contributed by atoms with Crippen LogP contribution in [0.5, 0.6) is 11.5 Å². The minimum absolute atomic E-state index is 0.0328. The summed E-state index contributed by atoms with van der Waals surface area (Å²) in [6.45, 7) is 2.00. The number of nitrogens with one attached hydrogen (secondary N) is 1. The molecule has 0 unspecified atom stereocenters. The zero-order valence-electron chi connectivity index (χ0n) is 13.3. The third-order valence-corrected chi connectivity index (χ3v) is 3.52. The number of nitro groups is 1. The molecule has 0 spiro atoms. The van der Waals surface area contributed by atoms with Gasteiger partial charge in [0.2, 0.25) is 0 Å². The summed E-state index contributed by atoms with van der Waals surface area (Å²) < 4.78 is 23.5. The molecule has 9 heteroatoms. The van der Waals surface area contributed by atoms with E-state index in [1.807, 2.05) is 0 Å². The summed E-state index contributed by atoms with van der Waals surface area (Å²) in [4.78, 5) is 23.0. The maximum absolute atomic E-state index is 13.1. The summed E-state index contributed by atoms with van der Waals surface area (Å²) in [5, 5.41) is 13.7. The largest absolute Gasteiger partial charge is 0.493 e. The average molecular weight is 369 g/mol. The number of hydrogen-bond acceptors (Lipinski definition) is 5. The van der Waals surface area contributed by atoms with Gasteiger partial charge in [0.15, 0.2) is 11.5 Å². The first-order valence-corrected chi connectivity index (χ1v) is 7.50. The Labute approximate surface area is 147 Å². The van der Waals surface area contributed by atoms with Crippen molar-refractivity contribution in [2.24, 2.45) is 0 Å². The number of rotatable bonds is 6. The molecule has 1 N–H and O–H groups in total. The molecule has 0 bridgehead atoms. The van der Waals surface area contributed by atoms with E-state index in [-0.39, 0.29) is 34.4 Å². The van der Waals surface area contributed by atoms with Gasteiger partial charge in [-0.3, -0.25) is 14.9 Å². The normalized spacial score (nSPS) is 10.2. The number of methoxy groups -OCH3 is 1. The number of anilines is 1. The summed E-state index contributed by atoms with van der Waals surface area (Å²) in [6, 6.07) is 5.70. The highest BCUT2D eigenvalue weighted by Crippen LogP contribution is 2.35. The lowest BCUT2D eigenvalue weighted by molar-refractivity contribution is -0.385. The van der Waals surface area contributed by atoms with Crippen LogP contribution in [0.4, 0.5) is 15.8 Å². The fourth-order valence-electron chi connectivity index (χ4n) is 2.09. The van der Waals surface area contributed by atoms with Crippen LogP contribution in [0.25, 0.3) is 0 Å². The molecular formula is C16H14ClFN2O5. The van der Waals surface area contributed by atoms with Gasteiger partial charge in [0, 0.05) is 6.07 Å². The summed E-state index contributed by atoms with van der Waals surface area (Å²) in [7, 11) is 1.33. The Morgan fingerprint density at radius 1 is 1.32 bits per heavy atom. The lowest BCUT2D eigenvalue weighted by atomic mass is 10.1. The Morgan fingerprint density at radius 2 is 2.04 bits per heavy atom. The van der Waals surface area contributed by atoms with E-state index in [9.17, 15) is 19.3 Å². The summed E-state index contributed by atoms with van der Waals surface area (Å²) in [5.74, 6) is -1.04. The third-order valence-electron chi connectivity index (χ3n) is 3.20. The topological polar surface area (TPSA) is 90.7 Å². The molecule has 0 aromatic heterocycles. The van der Waals surface area contributed by atoms with Crippen molar-refractivity contribution in [2.75, 3.05) is 19.0 Å². The minimum Gasteiger partial charge on any atom is -0.493 e. The van der Waals surface area contributed by atoms with Gasteiger partial charge in [-0.15, -0.1) is 0 Å². The predicted molar refractivity (Wildman–Crippen MR) is 90.2 cm³/mol. The molecule has 0 heterocycles. The van der Waals surface area contributed by atoms with Gasteiger partial charge in [0.1, 0.15) is 11.4 Å². The van der Waals surface area contributed by atoms with Crippen LogP contribution in [0.3, 0.4) is 0 Å². The van der Waals surface area contributed by atoms with Crippen LogP contribution >= 0.6 is 11.6 Å². The number of halogens is 2. The van der Waals surface area contributed by atoms with Gasteiger partial charge in [0.25, 0.3) is 11.6 Å². The van der Waals surface area contributed by atoms with Gasteiger partial charge in [-0.2, -0.15) is 0 Å². The van der Waals surface area contributed by atoms with E-state index in [4.69, 9.17) is 21.1 Å². The van der Waals surface area contributed by atoms with E-state index < -0.39 is 22.3 Å². The molecule has 0 aliphatic rings. The highest BCUT2D eigenvalue weighted by molar-refractivity contribution is 6.34. The van der Waals surface area contributed by atoms with Gasteiger partial charge in [0.05, 0.1) is 35.4 Å². The highest BCUT2D eigenvalue weighted by Gasteiger charge is 2.25. The Hall–Kier alpha value is -2.87. The van der Waals surface area contributed by atoms with Gasteiger partial charge in [-0.05, 0) is 25.1 Å². The van der Waals surface area contributed by atoms with Crippen LogP contribution in [0, 0.1) is 15.9 Å². The molecule has 0 saturated carbocycles. The molecule has 25 heavy (non-hydrogen) atoms. The van der Waals surface area contributed by atoms with Crippen molar-refractivity contribution in [2.45, 2.75) is 6.92 Å². The number of amides is 1. The number of nitrogens with zero attached hydrogens (tertiary/aromatic N) is 1. The van der Waals surface area contributed by atoms with Crippen LogP contribution in [-0.2, 0) is 0 Å². The second-order valence-electron chi connectivity index (χ2n) is 4.79. The molecule has 0 aliphatic carbocycles. The van der Waals surface area contributed by atoms with Gasteiger partial charge >= 0.3 is 0 Å². The van der Waals surface area contributed by atoms with Crippen molar-refractivity contribution in [3.05, 3.63) is 56.8 Å². The van der Waals surface area contributed by atoms with Crippen molar-refractivity contribution in [1.82, 2.24) is 0 Å². The third kappa shape index (κ3) is 4.16. The van der Waals surface area contributed by atoms with Crippen molar-refractivity contribution in [1.29, 1.82) is 0 Å². The smallest absolute Gasteiger partial charge is 0.286 e. The van der Waals surface area contributed by atoms with E-state index >= 15 is 0 Å². The lowest BCUT2D eigenvalue weighted by Gasteiger charge is -2.12. The van der Waals surface area contributed by atoms with Crippen LogP contribution in [0.2, 0.25) is 5.02 Å². The van der Waals surface area contributed by atoms with E-state index in [2.05, 4.69) is 5.32 Å². The quantitative estimate of drug-likeness (QED) is 0.613. The molecule has 2 rings (SSSR count). The Morgan fingerprint density at radius 3 is 2.60 bits per heavy atom. The number of carbonyl (C=O) groups is 1. The van der Waals surface area contributed by atoms with Crippen LogP contribution in [0.15, 0.2) is 30.3 Å². The number of hydrogen-bond donors (Lipinski definition) is 1. The number of benzene rings is 2. The van der Waals surface area contributed by atoms with Crippen molar-refractivity contribution >= 4 is 28.9 Å². The molecule has 1 amide bonds. The molecule has 7 nitrogen and oxygen atoms in total. The number of nitro benzene ring substituents is 1. The van der Waals surface area contributed by atoms with E-state index in [1.165, 1.54) is 19.2 Å². The second-order valence-corrected chi connectivity index (χ2v) is 5.20. The number of carbonyl (C=O) groups excluding carboxylic acids is 1. The first-order chi connectivity index (χ1) is 11.9. The maximum Gasteiger partial charge on any atom is 0.286 e. The SMILES string of the molecule is CCOc1cc(C(=O)Nc2ccc(F)cc2Cl)c([N+](=O)[O-])cc1OC. The molecule has 0 saturated heterocycles. The van der Waals surface area contributed by atoms with E-state index in [1.54, 1.807) is 6.92 Å². The molecular weight excluding hydrogens is 355 g/mol. The van der Waals surface area contributed by atoms with Crippen molar-refractivity contribution < 1.29 is 23.6 Å². The molecule has 0 aliphatic heterocycles. The second kappa shape index (κ2) is 7.80. The summed E-state index contributed by atoms with van der Waals surface area (Å²) in [5.41, 5.74) is -0.582. The standard InChI is InChI=1S/C16H14ClFN2O5/c1-3-25-15-7-10(13(20(22)23)8-14(15)24-2)16(21)19-12-5-4-9(18)6-11(12)17/h4-8H,3H2,1-2H3,(H,19,21). The van der Waals surface area contributed by atoms with Crippen molar-refractivity contribution in [3.63, 3.8) is 0 Å². The first-order valence-electron chi connectivity index (χ1n) is 7.13. The van der Waals surface area contributed by atoms with Gasteiger partial charge in [-0.25, -0.2) is 4.39 Å². The fraction of sp³-hybridized carbons (Fsp3) is 0.188. The lowest BCUT2D eigenvalue weighted by Crippen LogP contribution is -2.15. The minimum atomic E-state index is -0.788. The molecule has 132 valence electrons. The zero-order chi connectivity index (χ0) is 18.6. The Kier molecular flexibility index (Phi) is 5.76. The van der Waals surface area contributed by atoms with Crippen LogP contribution in [-0.4, -0.2) is 24.5 Å². The van der Waals surface area contributed by atoms with Crippen LogP contribution in [0.1, 0.15) is 17.3 Å². The summed E-state index contributed by atoms with van der Waals surface area (Å²) >= 11 is 5.86. The van der Waals surface area contributed by atoms with E-state index in [0.717, 1.165) is 18.2 Å². The fourth-order valence-corrected chi connectivity index (χ4v) is 2.30. The maximum atomic E-state index is 13.1. The Bertz CT molecular complexity index is 828. The Balaban J connectivity index is 2.46. The zero-order valence-corrected chi connectivity index (χ0v) is 14.1. The summed E-state index contributed by atoms with van der Waals surface area (Å²) in [6.07, 6.45) is 0. The predicted octanol–water partition coefficient (Wildman–Crippen LogP) is 4.05. The van der Waals surface area contributed by atoms with Crippen LogP contribution < -0.4 is 14.8 Å². The molecule has 2 aromatic carbocycles. The average Bonchev–Trinajstić information content (AvgIpc) is 2.57. The van der Waals surface area contributed by atoms with Crippen molar-refractivity contribution in [3.8, 4) is 11.5 Å².